The van der Waals surface area contributed by atoms with Gasteiger partial charge in [0.1, 0.15) is 11.6 Å². The molecule has 118 valence electrons. The van der Waals surface area contributed by atoms with Crippen LogP contribution < -0.4 is 9.64 Å². The number of hydrogen-bond acceptors (Lipinski definition) is 3. The SMILES string of the molecule is O=C(Oc1ccc(N2CCCC2=O)cc1)c1cc(Br)ccc1F. The topological polar surface area (TPSA) is 46.6 Å². The minimum atomic E-state index is -0.770. The lowest BCUT2D eigenvalue weighted by Gasteiger charge is -2.15. The molecule has 0 spiro atoms. The fourth-order valence-corrected chi connectivity index (χ4v) is 2.79. The van der Waals surface area contributed by atoms with E-state index >= 15 is 0 Å². The molecule has 1 aliphatic heterocycles. The summed E-state index contributed by atoms with van der Waals surface area (Å²) in [6, 6.07) is 10.7. The first-order valence-electron chi connectivity index (χ1n) is 7.12. The first-order chi connectivity index (χ1) is 11.0. The first kappa shape index (κ1) is 15.7. The fraction of sp³-hybridized carbons (Fsp3) is 0.176. The summed E-state index contributed by atoms with van der Waals surface area (Å²) in [6.45, 7) is 0.696. The lowest BCUT2D eigenvalue weighted by atomic mass is 10.2. The van der Waals surface area contributed by atoms with Crippen LogP contribution in [0.25, 0.3) is 0 Å². The van der Waals surface area contributed by atoms with Gasteiger partial charge in [-0.15, -0.1) is 0 Å². The number of esters is 1. The molecule has 0 atom stereocenters. The Morgan fingerprint density at radius 1 is 1.17 bits per heavy atom. The molecule has 1 amide bonds. The van der Waals surface area contributed by atoms with Crippen molar-refractivity contribution in [2.45, 2.75) is 12.8 Å². The predicted molar refractivity (Wildman–Crippen MR) is 87.1 cm³/mol. The van der Waals surface area contributed by atoms with Gasteiger partial charge in [0.05, 0.1) is 5.56 Å². The highest BCUT2D eigenvalue weighted by atomic mass is 79.9. The largest absolute Gasteiger partial charge is 0.423 e. The van der Waals surface area contributed by atoms with Crippen molar-refractivity contribution in [3.63, 3.8) is 0 Å². The number of benzene rings is 2. The van der Waals surface area contributed by atoms with Gasteiger partial charge in [-0.25, -0.2) is 9.18 Å². The molecule has 0 aromatic heterocycles. The Hall–Kier alpha value is -2.21. The molecular weight excluding hydrogens is 365 g/mol. The van der Waals surface area contributed by atoms with Crippen LogP contribution in [-0.2, 0) is 4.79 Å². The lowest BCUT2D eigenvalue weighted by Crippen LogP contribution is -2.23. The number of nitrogens with zero attached hydrogens (tertiary/aromatic N) is 1. The number of hydrogen-bond donors (Lipinski definition) is 0. The zero-order chi connectivity index (χ0) is 16.4. The Kier molecular flexibility index (Phi) is 4.43. The van der Waals surface area contributed by atoms with E-state index in [1.165, 1.54) is 18.2 Å². The van der Waals surface area contributed by atoms with Crippen LogP contribution in [0.1, 0.15) is 23.2 Å². The van der Waals surface area contributed by atoms with Crippen molar-refractivity contribution in [2.24, 2.45) is 0 Å². The van der Waals surface area contributed by atoms with E-state index in [9.17, 15) is 14.0 Å². The third kappa shape index (κ3) is 3.42. The minimum absolute atomic E-state index is 0.0888. The van der Waals surface area contributed by atoms with Gasteiger partial charge in [-0.2, -0.15) is 0 Å². The number of halogens is 2. The van der Waals surface area contributed by atoms with Crippen LogP contribution in [0.15, 0.2) is 46.9 Å². The molecule has 0 N–H and O–H groups in total. The highest BCUT2D eigenvalue weighted by Gasteiger charge is 2.21. The molecule has 1 aliphatic rings. The predicted octanol–water partition coefficient (Wildman–Crippen LogP) is 3.93. The van der Waals surface area contributed by atoms with E-state index in [0.717, 1.165) is 12.1 Å². The Morgan fingerprint density at radius 3 is 2.57 bits per heavy atom. The minimum Gasteiger partial charge on any atom is -0.423 e. The maximum absolute atomic E-state index is 13.7. The molecule has 3 rings (SSSR count). The highest BCUT2D eigenvalue weighted by molar-refractivity contribution is 9.10. The van der Waals surface area contributed by atoms with Crippen LogP contribution >= 0.6 is 15.9 Å². The van der Waals surface area contributed by atoms with Crippen LogP contribution in [-0.4, -0.2) is 18.4 Å². The maximum Gasteiger partial charge on any atom is 0.346 e. The van der Waals surface area contributed by atoms with Gasteiger partial charge in [0.15, 0.2) is 0 Å². The van der Waals surface area contributed by atoms with Crippen molar-refractivity contribution in [2.75, 3.05) is 11.4 Å². The third-order valence-corrected chi connectivity index (χ3v) is 4.07. The average Bonchev–Trinajstić information content (AvgIpc) is 2.96. The molecule has 6 heteroatoms. The molecular formula is C17H13BrFNO3. The second-order valence-electron chi connectivity index (χ2n) is 5.16. The summed E-state index contributed by atoms with van der Waals surface area (Å²) in [5.74, 6) is -1.03. The van der Waals surface area contributed by atoms with Crippen molar-refractivity contribution >= 4 is 33.5 Å². The molecule has 2 aromatic rings. The average molecular weight is 378 g/mol. The summed E-state index contributed by atoms with van der Waals surface area (Å²) in [5.41, 5.74) is 0.624. The van der Waals surface area contributed by atoms with Crippen molar-refractivity contribution in [1.29, 1.82) is 0 Å². The smallest absolute Gasteiger partial charge is 0.346 e. The standard InChI is InChI=1S/C17H13BrFNO3/c18-11-3-8-15(19)14(10-11)17(22)23-13-6-4-12(5-7-13)20-9-1-2-16(20)21/h3-8,10H,1-2,9H2. The first-order valence-corrected chi connectivity index (χ1v) is 7.91. The molecule has 0 bridgehead atoms. The van der Waals surface area contributed by atoms with Gasteiger partial charge in [-0.1, -0.05) is 15.9 Å². The van der Waals surface area contributed by atoms with Crippen LogP contribution in [0, 0.1) is 5.82 Å². The Labute approximate surface area is 141 Å². The second kappa shape index (κ2) is 6.50. The monoisotopic (exact) mass is 377 g/mol. The number of rotatable bonds is 3. The summed E-state index contributed by atoms with van der Waals surface area (Å²) in [7, 11) is 0. The molecule has 0 unspecified atom stereocenters. The van der Waals surface area contributed by atoms with Crippen LogP contribution in [0.3, 0.4) is 0 Å². The molecule has 23 heavy (non-hydrogen) atoms. The van der Waals surface area contributed by atoms with E-state index in [4.69, 9.17) is 4.74 Å². The summed E-state index contributed by atoms with van der Waals surface area (Å²) in [6.07, 6.45) is 1.40. The van der Waals surface area contributed by atoms with Gasteiger partial charge >= 0.3 is 5.97 Å². The van der Waals surface area contributed by atoms with Crippen LogP contribution in [0.4, 0.5) is 10.1 Å². The molecule has 0 saturated carbocycles. The van der Waals surface area contributed by atoms with Gasteiger partial charge in [0.2, 0.25) is 5.91 Å². The Morgan fingerprint density at radius 2 is 1.91 bits per heavy atom. The number of carbonyl (C=O) groups is 2. The third-order valence-electron chi connectivity index (χ3n) is 3.58. The summed E-state index contributed by atoms with van der Waals surface area (Å²) >= 11 is 3.19. The molecule has 2 aromatic carbocycles. The van der Waals surface area contributed by atoms with Crippen molar-refractivity contribution < 1.29 is 18.7 Å². The molecule has 4 nitrogen and oxygen atoms in total. The normalized spacial score (nSPS) is 14.2. The van der Waals surface area contributed by atoms with Crippen molar-refractivity contribution in [1.82, 2.24) is 0 Å². The van der Waals surface area contributed by atoms with E-state index in [-0.39, 0.29) is 11.5 Å². The molecule has 0 aliphatic carbocycles. The zero-order valence-corrected chi connectivity index (χ0v) is 13.7. The maximum atomic E-state index is 13.7. The number of carbonyl (C=O) groups excluding carboxylic acids is 2. The lowest BCUT2D eigenvalue weighted by molar-refractivity contribution is -0.117. The fourth-order valence-electron chi connectivity index (χ4n) is 2.43. The molecule has 1 heterocycles. The number of ether oxygens (including phenoxy) is 1. The van der Waals surface area contributed by atoms with Crippen molar-refractivity contribution in [3.8, 4) is 5.75 Å². The van der Waals surface area contributed by atoms with Gasteiger partial charge in [-0.05, 0) is 48.9 Å². The number of amides is 1. The van der Waals surface area contributed by atoms with Crippen molar-refractivity contribution in [3.05, 3.63) is 58.3 Å². The van der Waals surface area contributed by atoms with E-state index in [2.05, 4.69) is 15.9 Å². The van der Waals surface area contributed by atoms with Crippen LogP contribution in [0.5, 0.6) is 5.75 Å². The quantitative estimate of drug-likeness (QED) is 0.601. The summed E-state index contributed by atoms with van der Waals surface area (Å²) < 4.78 is 19.4. The molecule has 0 radical (unpaired) electrons. The van der Waals surface area contributed by atoms with Gasteiger partial charge in [-0.3, -0.25) is 4.79 Å². The summed E-state index contributed by atoms with van der Waals surface area (Å²) in [4.78, 5) is 25.4. The Bertz CT molecular complexity index is 761. The number of anilines is 1. The van der Waals surface area contributed by atoms with Crippen LogP contribution in [0.2, 0.25) is 0 Å². The van der Waals surface area contributed by atoms with Gasteiger partial charge < -0.3 is 9.64 Å². The van der Waals surface area contributed by atoms with E-state index in [1.54, 1.807) is 29.2 Å². The molecule has 1 fully saturated rings. The summed E-state index contributed by atoms with van der Waals surface area (Å²) in [5, 5.41) is 0. The molecule has 1 saturated heterocycles. The van der Waals surface area contributed by atoms with Gasteiger partial charge in [0, 0.05) is 23.1 Å². The van der Waals surface area contributed by atoms with E-state index < -0.39 is 11.8 Å². The second-order valence-corrected chi connectivity index (χ2v) is 6.07. The van der Waals surface area contributed by atoms with E-state index in [0.29, 0.717) is 23.2 Å². The Balaban J connectivity index is 1.74. The highest BCUT2D eigenvalue weighted by Crippen LogP contribution is 2.25. The zero-order valence-electron chi connectivity index (χ0n) is 12.1. The van der Waals surface area contributed by atoms with E-state index in [1.807, 2.05) is 0 Å². The van der Waals surface area contributed by atoms with Gasteiger partial charge in [0.25, 0.3) is 0 Å².